The number of likely N-dealkylation sites (tertiary alicyclic amines) is 2. The van der Waals surface area contributed by atoms with Gasteiger partial charge in [-0.3, -0.25) is 4.79 Å². The lowest BCUT2D eigenvalue weighted by Gasteiger charge is -2.48. The number of piperidine rings is 2. The zero-order chi connectivity index (χ0) is 17.9. The second kappa shape index (κ2) is 7.46. The van der Waals surface area contributed by atoms with Crippen molar-refractivity contribution >= 4 is 12.0 Å². The minimum absolute atomic E-state index is 0.0708. The van der Waals surface area contributed by atoms with Crippen LogP contribution in [-0.4, -0.2) is 55.1 Å². The Hall–Kier alpha value is -2.04. The number of ether oxygens (including phenoxy) is 1. The Labute approximate surface area is 149 Å². The molecule has 0 aromatic heterocycles. The first kappa shape index (κ1) is 17.8. The molecular weight excluding hydrogens is 316 g/mol. The lowest BCUT2D eigenvalue weighted by Crippen LogP contribution is -2.53. The van der Waals surface area contributed by atoms with Gasteiger partial charge < -0.3 is 14.5 Å². The molecule has 0 saturated carbocycles. The number of rotatable bonds is 3. The van der Waals surface area contributed by atoms with E-state index in [-0.39, 0.29) is 23.3 Å². The zero-order valence-corrected chi connectivity index (χ0v) is 15.2. The van der Waals surface area contributed by atoms with Crippen LogP contribution in [-0.2, 0) is 9.53 Å². The number of carbonyl (C=O) groups excluding carboxylic acids is 2. The third-order valence-corrected chi connectivity index (χ3v) is 5.60. The van der Waals surface area contributed by atoms with Gasteiger partial charge in [-0.05, 0) is 36.7 Å². The van der Waals surface area contributed by atoms with E-state index in [1.165, 1.54) is 0 Å². The monoisotopic (exact) mass is 344 g/mol. The minimum Gasteiger partial charge on any atom is -0.449 e. The second-order valence-corrected chi connectivity index (χ2v) is 7.46. The Bertz CT molecular complexity index is 609. The van der Waals surface area contributed by atoms with Gasteiger partial charge in [0.2, 0.25) is 5.91 Å². The van der Waals surface area contributed by atoms with Crippen LogP contribution >= 0.6 is 0 Å². The highest BCUT2D eigenvalue weighted by atomic mass is 16.6. The third kappa shape index (κ3) is 3.80. The highest BCUT2D eigenvalue weighted by Gasteiger charge is 2.45. The van der Waals surface area contributed by atoms with Crippen molar-refractivity contribution < 1.29 is 14.3 Å². The molecule has 0 radical (unpaired) electrons. The summed E-state index contributed by atoms with van der Waals surface area (Å²) in [6.07, 6.45) is 3.37. The fraction of sp³-hybridized carbons (Fsp3) is 0.600. The molecule has 1 aromatic carbocycles. The third-order valence-electron chi connectivity index (χ3n) is 5.60. The van der Waals surface area contributed by atoms with Crippen molar-refractivity contribution in [2.75, 3.05) is 33.3 Å². The van der Waals surface area contributed by atoms with E-state index in [0.717, 1.165) is 37.8 Å². The number of nitrogens with zero attached hydrogens (tertiary/aromatic N) is 2. The molecule has 136 valence electrons. The van der Waals surface area contributed by atoms with Gasteiger partial charge in [-0.2, -0.15) is 0 Å². The summed E-state index contributed by atoms with van der Waals surface area (Å²) in [5, 5.41) is 0. The van der Waals surface area contributed by atoms with Gasteiger partial charge >= 0.3 is 6.09 Å². The summed E-state index contributed by atoms with van der Waals surface area (Å²) in [5.74, 6) is 0.139. The summed E-state index contributed by atoms with van der Waals surface area (Å²) in [5.41, 5.74) is 1.20. The molecule has 1 aromatic rings. The number of hydrogen-bond donors (Lipinski definition) is 0. The van der Waals surface area contributed by atoms with Gasteiger partial charge in [0, 0.05) is 26.7 Å². The molecule has 2 amide bonds. The van der Waals surface area contributed by atoms with Crippen LogP contribution in [0, 0.1) is 5.41 Å². The molecule has 2 aliphatic rings. The van der Waals surface area contributed by atoms with E-state index < -0.39 is 0 Å². The summed E-state index contributed by atoms with van der Waals surface area (Å²) in [6.45, 7) is 4.69. The first-order valence-electron chi connectivity index (χ1n) is 9.26. The molecule has 0 bridgehead atoms. The summed E-state index contributed by atoms with van der Waals surface area (Å²) in [7, 11) is 1.90. The maximum absolute atomic E-state index is 12.7. The number of benzene rings is 1. The van der Waals surface area contributed by atoms with Gasteiger partial charge in [-0.15, -0.1) is 0 Å². The molecule has 5 nitrogen and oxygen atoms in total. The summed E-state index contributed by atoms with van der Waals surface area (Å²) >= 11 is 0. The molecule has 2 aliphatic heterocycles. The Morgan fingerprint density at radius 1 is 1.24 bits per heavy atom. The molecule has 0 N–H and O–H groups in total. The lowest BCUT2D eigenvalue weighted by molar-refractivity contribution is -0.139. The molecular formula is C20H28N2O3. The van der Waals surface area contributed by atoms with Crippen LogP contribution in [0.25, 0.3) is 0 Å². The van der Waals surface area contributed by atoms with Crippen LogP contribution in [0.15, 0.2) is 30.3 Å². The SMILES string of the molecule is CCCOC(=O)N1CCC2(CC1)C[C@H](c1ccccc1)C(=O)N(C)C2. The van der Waals surface area contributed by atoms with Crippen molar-refractivity contribution in [3.8, 4) is 0 Å². The highest BCUT2D eigenvalue weighted by Crippen LogP contribution is 2.45. The second-order valence-electron chi connectivity index (χ2n) is 7.46. The van der Waals surface area contributed by atoms with Crippen molar-refractivity contribution in [3.63, 3.8) is 0 Å². The summed E-state index contributed by atoms with van der Waals surface area (Å²) in [4.78, 5) is 28.4. The summed E-state index contributed by atoms with van der Waals surface area (Å²) < 4.78 is 5.26. The number of likely N-dealkylation sites (N-methyl/N-ethyl adjacent to an activating group) is 1. The van der Waals surface area contributed by atoms with E-state index in [4.69, 9.17) is 4.74 Å². The molecule has 1 spiro atoms. The van der Waals surface area contributed by atoms with E-state index in [1.54, 1.807) is 0 Å². The quantitative estimate of drug-likeness (QED) is 0.846. The predicted molar refractivity (Wildman–Crippen MR) is 96.3 cm³/mol. The maximum atomic E-state index is 12.7. The average molecular weight is 344 g/mol. The predicted octanol–water partition coefficient (Wildman–Crippen LogP) is 3.26. The molecule has 3 rings (SSSR count). The molecule has 1 atom stereocenters. The van der Waals surface area contributed by atoms with Crippen molar-refractivity contribution in [3.05, 3.63) is 35.9 Å². The van der Waals surface area contributed by atoms with Gasteiger partial charge in [0.05, 0.1) is 12.5 Å². The fourth-order valence-electron chi connectivity index (χ4n) is 4.18. The van der Waals surface area contributed by atoms with Crippen LogP contribution in [0.2, 0.25) is 0 Å². The van der Waals surface area contributed by atoms with Gasteiger partial charge in [0.1, 0.15) is 0 Å². The minimum atomic E-state index is -0.198. The molecule has 0 unspecified atom stereocenters. The normalized spacial score (nSPS) is 23.0. The standard InChI is InChI=1S/C20H28N2O3/c1-3-13-25-19(24)22-11-9-20(10-12-22)14-17(18(23)21(2)15-20)16-7-5-4-6-8-16/h4-8,17H,3,9-15H2,1-2H3/t17-/m1/s1. The first-order chi connectivity index (χ1) is 12.0. The van der Waals surface area contributed by atoms with Crippen molar-refractivity contribution in [2.24, 2.45) is 5.41 Å². The Morgan fingerprint density at radius 3 is 2.56 bits per heavy atom. The van der Waals surface area contributed by atoms with Crippen LogP contribution in [0.4, 0.5) is 4.79 Å². The largest absolute Gasteiger partial charge is 0.449 e. The smallest absolute Gasteiger partial charge is 0.409 e. The van der Waals surface area contributed by atoms with E-state index in [2.05, 4.69) is 0 Å². The van der Waals surface area contributed by atoms with E-state index >= 15 is 0 Å². The van der Waals surface area contributed by atoms with Gasteiger partial charge in [-0.25, -0.2) is 4.79 Å². The summed E-state index contributed by atoms with van der Waals surface area (Å²) in [6, 6.07) is 10.1. The van der Waals surface area contributed by atoms with Crippen molar-refractivity contribution in [1.29, 1.82) is 0 Å². The van der Waals surface area contributed by atoms with Gasteiger partial charge in [-0.1, -0.05) is 37.3 Å². The number of hydrogen-bond acceptors (Lipinski definition) is 3. The van der Waals surface area contributed by atoms with E-state index in [9.17, 15) is 9.59 Å². The Morgan fingerprint density at radius 2 is 1.92 bits per heavy atom. The molecule has 0 aliphatic carbocycles. The number of amides is 2. The van der Waals surface area contributed by atoms with Gasteiger partial charge in [0.15, 0.2) is 0 Å². The Balaban J connectivity index is 1.68. The lowest BCUT2D eigenvalue weighted by atomic mass is 9.68. The molecule has 5 heteroatoms. The maximum Gasteiger partial charge on any atom is 0.409 e. The van der Waals surface area contributed by atoms with Crippen LogP contribution in [0.3, 0.4) is 0 Å². The zero-order valence-electron chi connectivity index (χ0n) is 15.2. The number of carbonyl (C=O) groups is 2. The molecule has 2 saturated heterocycles. The van der Waals surface area contributed by atoms with Gasteiger partial charge in [0.25, 0.3) is 0 Å². The van der Waals surface area contributed by atoms with Crippen LogP contribution in [0.5, 0.6) is 0 Å². The topological polar surface area (TPSA) is 49.9 Å². The Kier molecular flexibility index (Phi) is 5.30. The molecule has 2 fully saturated rings. The van der Waals surface area contributed by atoms with Crippen molar-refractivity contribution in [1.82, 2.24) is 9.80 Å². The van der Waals surface area contributed by atoms with Crippen LogP contribution in [0.1, 0.15) is 44.1 Å². The van der Waals surface area contributed by atoms with E-state index in [0.29, 0.717) is 19.7 Å². The van der Waals surface area contributed by atoms with Crippen molar-refractivity contribution in [2.45, 2.75) is 38.5 Å². The highest BCUT2D eigenvalue weighted by molar-refractivity contribution is 5.84. The first-order valence-corrected chi connectivity index (χ1v) is 9.26. The fourth-order valence-corrected chi connectivity index (χ4v) is 4.18. The van der Waals surface area contributed by atoms with Crippen LogP contribution < -0.4 is 0 Å². The van der Waals surface area contributed by atoms with E-state index in [1.807, 2.05) is 54.1 Å². The molecule has 2 heterocycles. The molecule has 25 heavy (non-hydrogen) atoms. The average Bonchev–Trinajstić information content (AvgIpc) is 2.64.